The summed E-state index contributed by atoms with van der Waals surface area (Å²) >= 11 is 0. The van der Waals surface area contributed by atoms with Crippen molar-refractivity contribution >= 4 is 19.8 Å². The third kappa shape index (κ3) is 36.3. The Bertz CT molecular complexity index is 825. The minimum absolute atomic E-state index is 0.0552. The molecule has 0 aliphatic rings. The third-order valence-electron chi connectivity index (χ3n) is 8.65. The first-order valence-corrected chi connectivity index (χ1v) is 21.7. The lowest BCUT2D eigenvalue weighted by atomic mass is 10.1. The van der Waals surface area contributed by atoms with Crippen molar-refractivity contribution in [3.8, 4) is 0 Å². The van der Waals surface area contributed by atoms with Crippen LogP contribution in [0.4, 0.5) is 0 Å². The number of hydrogen-bond acceptors (Lipinski definition) is 8. The van der Waals surface area contributed by atoms with E-state index in [9.17, 15) is 19.0 Å². The molecule has 0 radical (unpaired) electrons. The monoisotopic (exact) mass is 718 g/mol. The molecule has 0 bridgehead atoms. The van der Waals surface area contributed by atoms with Gasteiger partial charge in [-0.1, -0.05) is 154 Å². The maximum atomic E-state index is 12.5. The molecule has 0 aliphatic heterocycles. The fourth-order valence-electron chi connectivity index (χ4n) is 5.63. The van der Waals surface area contributed by atoms with E-state index in [1.165, 1.54) is 116 Å². The molecule has 0 rings (SSSR count). The molecule has 1 unspecified atom stereocenters. The van der Waals surface area contributed by atoms with Crippen LogP contribution in [0.2, 0.25) is 0 Å². The van der Waals surface area contributed by atoms with Crippen molar-refractivity contribution in [2.45, 2.75) is 200 Å². The van der Waals surface area contributed by atoms with Crippen LogP contribution in [0, 0.1) is 0 Å². The lowest BCUT2D eigenvalue weighted by molar-refractivity contribution is -0.161. The van der Waals surface area contributed by atoms with E-state index in [0.717, 1.165) is 44.9 Å². The number of phosphoric acid groups is 1. The summed E-state index contributed by atoms with van der Waals surface area (Å²) in [6, 6.07) is 0. The Kier molecular flexibility index (Phi) is 35.6. The van der Waals surface area contributed by atoms with E-state index in [4.69, 9.17) is 24.3 Å². The molecule has 0 aromatic heterocycles. The van der Waals surface area contributed by atoms with Crippen LogP contribution in [0.25, 0.3) is 0 Å². The number of phosphoric ester groups is 1. The number of unbranched alkanes of at least 4 members (excludes halogenated alkanes) is 23. The Balaban J connectivity index is 4.16. The van der Waals surface area contributed by atoms with E-state index < -0.39 is 26.5 Å². The van der Waals surface area contributed by atoms with Gasteiger partial charge in [0.25, 0.3) is 0 Å². The standard InChI is InChI=1S/C39H76NO8P/c1-3-5-7-9-11-13-15-16-17-18-19-20-22-24-26-28-30-32-39(42)48-37(36-47-49(43,44)46-34-33-40)35-45-38(41)31-29-27-25-23-21-14-12-10-8-6-4-2/h16-17,37H,3-15,18-36,40H2,1-2H3,(H,43,44)/t37-/m1/s1. The highest BCUT2D eigenvalue weighted by molar-refractivity contribution is 7.47. The molecule has 0 aromatic carbocycles. The van der Waals surface area contributed by atoms with Crippen LogP contribution in [-0.4, -0.2) is 49.3 Å². The Morgan fingerprint density at radius 1 is 0.592 bits per heavy atom. The smallest absolute Gasteiger partial charge is 0.462 e. The normalized spacial score (nSPS) is 13.5. The van der Waals surface area contributed by atoms with Crippen LogP contribution in [0.5, 0.6) is 0 Å². The number of carbonyl (C=O) groups is 2. The molecule has 2 atom stereocenters. The van der Waals surface area contributed by atoms with Gasteiger partial charge in [0.15, 0.2) is 6.10 Å². The van der Waals surface area contributed by atoms with E-state index in [1.54, 1.807) is 0 Å². The highest BCUT2D eigenvalue weighted by Gasteiger charge is 2.26. The van der Waals surface area contributed by atoms with Gasteiger partial charge in [-0.2, -0.15) is 0 Å². The van der Waals surface area contributed by atoms with Gasteiger partial charge >= 0.3 is 19.8 Å². The first-order valence-electron chi connectivity index (χ1n) is 20.2. The summed E-state index contributed by atoms with van der Waals surface area (Å²) in [5, 5.41) is 0. The summed E-state index contributed by atoms with van der Waals surface area (Å²) in [7, 11) is -4.37. The van der Waals surface area contributed by atoms with Gasteiger partial charge in [-0.3, -0.25) is 18.6 Å². The van der Waals surface area contributed by atoms with E-state index in [1.807, 2.05) is 0 Å². The second kappa shape index (κ2) is 36.5. The topological polar surface area (TPSA) is 134 Å². The second-order valence-corrected chi connectivity index (χ2v) is 15.0. The molecule has 9 nitrogen and oxygen atoms in total. The number of carbonyl (C=O) groups excluding carboxylic acids is 2. The highest BCUT2D eigenvalue weighted by atomic mass is 31.2. The first kappa shape index (κ1) is 47.8. The van der Waals surface area contributed by atoms with Crippen LogP contribution >= 0.6 is 7.82 Å². The van der Waals surface area contributed by atoms with Crippen LogP contribution in [0.1, 0.15) is 194 Å². The van der Waals surface area contributed by atoms with Gasteiger partial charge in [0.2, 0.25) is 0 Å². The molecule has 0 saturated heterocycles. The van der Waals surface area contributed by atoms with Gasteiger partial charge in [0.1, 0.15) is 6.61 Å². The van der Waals surface area contributed by atoms with Crippen molar-refractivity contribution < 1.29 is 37.6 Å². The molecular weight excluding hydrogens is 641 g/mol. The number of esters is 2. The molecule has 49 heavy (non-hydrogen) atoms. The van der Waals surface area contributed by atoms with Crippen molar-refractivity contribution in [1.82, 2.24) is 0 Å². The maximum absolute atomic E-state index is 12.5. The molecule has 0 saturated carbocycles. The van der Waals surface area contributed by atoms with Gasteiger partial charge in [-0.25, -0.2) is 4.57 Å². The minimum Gasteiger partial charge on any atom is -0.462 e. The van der Waals surface area contributed by atoms with Crippen LogP contribution in [-0.2, 0) is 32.7 Å². The molecule has 0 heterocycles. The van der Waals surface area contributed by atoms with Gasteiger partial charge < -0.3 is 20.1 Å². The minimum atomic E-state index is -4.37. The lowest BCUT2D eigenvalue weighted by Gasteiger charge is -2.19. The quantitative estimate of drug-likeness (QED) is 0.0277. The van der Waals surface area contributed by atoms with E-state index >= 15 is 0 Å². The Morgan fingerprint density at radius 3 is 1.45 bits per heavy atom. The summed E-state index contributed by atoms with van der Waals surface area (Å²) in [4.78, 5) is 34.7. The Labute approximate surface area is 300 Å². The average Bonchev–Trinajstić information content (AvgIpc) is 3.08. The number of rotatable bonds is 38. The van der Waals surface area contributed by atoms with Crippen LogP contribution in [0.3, 0.4) is 0 Å². The van der Waals surface area contributed by atoms with Gasteiger partial charge in [0, 0.05) is 19.4 Å². The Hall–Kier alpha value is -1.25. The molecule has 10 heteroatoms. The van der Waals surface area contributed by atoms with Crippen LogP contribution in [0.15, 0.2) is 12.2 Å². The Morgan fingerprint density at radius 2 is 1.00 bits per heavy atom. The van der Waals surface area contributed by atoms with Gasteiger partial charge in [-0.05, 0) is 38.5 Å². The molecule has 0 fully saturated rings. The predicted octanol–water partition coefficient (Wildman–Crippen LogP) is 11.1. The van der Waals surface area contributed by atoms with Gasteiger partial charge in [0.05, 0.1) is 13.2 Å². The molecule has 3 N–H and O–H groups in total. The van der Waals surface area contributed by atoms with Crippen molar-refractivity contribution in [3.63, 3.8) is 0 Å². The summed E-state index contributed by atoms with van der Waals surface area (Å²) < 4.78 is 32.7. The molecular formula is C39H76NO8P. The number of allylic oxidation sites excluding steroid dienone is 2. The summed E-state index contributed by atoms with van der Waals surface area (Å²) in [5.74, 6) is -0.828. The fraction of sp³-hybridized carbons (Fsp3) is 0.897. The lowest BCUT2D eigenvalue weighted by Crippen LogP contribution is -2.29. The van der Waals surface area contributed by atoms with Crippen molar-refractivity contribution in [2.75, 3.05) is 26.4 Å². The van der Waals surface area contributed by atoms with Crippen molar-refractivity contribution in [1.29, 1.82) is 0 Å². The summed E-state index contributed by atoms with van der Waals surface area (Å²) in [6.45, 7) is 3.72. The van der Waals surface area contributed by atoms with E-state index in [0.29, 0.717) is 6.42 Å². The molecule has 0 amide bonds. The van der Waals surface area contributed by atoms with Gasteiger partial charge in [-0.15, -0.1) is 0 Å². The van der Waals surface area contributed by atoms with Crippen LogP contribution < -0.4 is 5.73 Å². The van der Waals surface area contributed by atoms with Crippen molar-refractivity contribution in [2.24, 2.45) is 5.73 Å². The fourth-order valence-corrected chi connectivity index (χ4v) is 6.39. The zero-order valence-electron chi connectivity index (χ0n) is 31.7. The average molecular weight is 718 g/mol. The van der Waals surface area contributed by atoms with E-state index in [-0.39, 0.29) is 38.6 Å². The second-order valence-electron chi connectivity index (χ2n) is 13.5. The summed E-state index contributed by atoms with van der Waals surface area (Å²) in [5.41, 5.74) is 5.33. The predicted molar refractivity (Wildman–Crippen MR) is 201 cm³/mol. The maximum Gasteiger partial charge on any atom is 0.472 e. The SMILES string of the molecule is CCCCCCCCC=CCCCCCCCCCC(=O)O[C@H](COC(=O)CCCCCCCCCCCCC)COP(=O)(O)OCCN. The molecule has 0 spiro atoms. The zero-order chi connectivity index (χ0) is 36.1. The third-order valence-corrected chi connectivity index (χ3v) is 9.64. The highest BCUT2D eigenvalue weighted by Crippen LogP contribution is 2.43. The zero-order valence-corrected chi connectivity index (χ0v) is 32.6. The molecule has 0 aromatic rings. The number of ether oxygens (including phenoxy) is 2. The molecule has 0 aliphatic carbocycles. The number of hydrogen-bond donors (Lipinski definition) is 2. The van der Waals surface area contributed by atoms with Crippen molar-refractivity contribution in [3.05, 3.63) is 12.2 Å². The van der Waals surface area contributed by atoms with E-state index in [2.05, 4.69) is 26.0 Å². The molecule has 290 valence electrons. The number of nitrogens with two attached hydrogens (primary N) is 1. The largest absolute Gasteiger partial charge is 0.472 e. The summed E-state index contributed by atoms with van der Waals surface area (Å²) in [6.07, 6.45) is 35.2. The first-order chi connectivity index (χ1) is 23.8.